The smallest absolute Gasteiger partial charge is 0.317 e. The molecule has 0 aliphatic carbocycles. The molecule has 0 saturated carbocycles. The van der Waals surface area contributed by atoms with E-state index in [1.165, 1.54) is 0 Å². The lowest BCUT2D eigenvalue weighted by Gasteiger charge is -2.36. The first kappa shape index (κ1) is 16.6. The van der Waals surface area contributed by atoms with Crippen LogP contribution in [0.3, 0.4) is 0 Å². The number of urea groups is 1. The van der Waals surface area contributed by atoms with Crippen molar-refractivity contribution in [1.29, 1.82) is 0 Å². The van der Waals surface area contributed by atoms with Crippen LogP contribution >= 0.6 is 0 Å². The fourth-order valence-electron chi connectivity index (χ4n) is 3.28. The molecular formula is C20H23N3O3. The molecule has 26 heavy (non-hydrogen) atoms. The highest BCUT2D eigenvalue weighted by Crippen LogP contribution is 2.34. The molecule has 6 nitrogen and oxygen atoms in total. The third-order valence-electron chi connectivity index (χ3n) is 4.74. The molecule has 0 atom stereocenters. The van der Waals surface area contributed by atoms with Crippen LogP contribution in [0, 0.1) is 0 Å². The second-order valence-corrected chi connectivity index (χ2v) is 6.45. The largest absolute Gasteiger partial charge is 0.486 e. The Balaban J connectivity index is 1.30. The first-order chi connectivity index (χ1) is 12.8. The predicted molar refractivity (Wildman–Crippen MR) is 99.9 cm³/mol. The van der Waals surface area contributed by atoms with E-state index in [1.54, 1.807) is 0 Å². The lowest BCUT2D eigenvalue weighted by atomic mass is 10.2. The van der Waals surface area contributed by atoms with Gasteiger partial charge in [0.2, 0.25) is 0 Å². The first-order valence-corrected chi connectivity index (χ1v) is 9.01. The zero-order valence-electron chi connectivity index (χ0n) is 14.7. The topological polar surface area (TPSA) is 54.0 Å². The summed E-state index contributed by atoms with van der Waals surface area (Å²) in [6.07, 6.45) is 0. The molecule has 0 bridgehead atoms. The fraction of sp³-hybridized carbons (Fsp3) is 0.350. The van der Waals surface area contributed by atoms with Crippen molar-refractivity contribution >= 4 is 11.7 Å². The van der Waals surface area contributed by atoms with Gasteiger partial charge in [0.15, 0.2) is 11.5 Å². The number of fused-ring (bicyclic) bond motifs is 1. The molecule has 2 heterocycles. The third-order valence-corrected chi connectivity index (χ3v) is 4.74. The van der Waals surface area contributed by atoms with Crippen LogP contribution in [0.15, 0.2) is 48.5 Å². The second kappa shape index (κ2) is 7.56. The summed E-state index contributed by atoms with van der Waals surface area (Å²) in [4.78, 5) is 16.5. The van der Waals surface area contributed by atoms with Crippen molar-refractivity contribution in [2.75, 3.05) is 44.3 Å². The first-order valence-electron chi connectivity index (χ1n) is 9.01. The SMILES string of the molecule is O=C(NCc1ccccc1)N1CCN(c2ccc3c(c2)OCCO3)CC1. The maximum atomic E-state index is 12.4. The molecule has 2 aliphatic rings. The number of hydrogen-bond donors (Lipinski definition) is 1. The third kappa shape index (κ3) is 3.69. The van der Waals surface area contributed by atoms with Crippen molar-refractivity contribution in [3.63, 3.8) is 0 Å². The average Bonchev–Trinajstić information content (AvgIpc) is 2.72. The quantitative estimate of drug-likeness (QED) is 0.921. The van der Waals surface area contributed by atoms with E-state index < -0.39 is 0 Å². The molecule has 1 fully saturated rings. The molecule has 136 valence electrons. The van der Waals surface area contributed by atoms with Crippen molar-refractivity contribution < 1.29 is 14.3 Å². The van der Waals surface area contributed by atoms with Gasteiger partial charge in [-0.15, -0.1) is 0 Å². The van der Waals surface area contributed by atoms with E-state index in [4.69, 9.17) is 9.47 Å². The molecule has 0 unspecified atom stereocenters. The number of carbonyl (C=O) groups excluding carboxylic acids is 1. The zero-order chi connectivity index (χ0) is 17.8. The Morgan fingerprint density at radius 1 is 0.923 bits per heavy atom. The summed E-state index contributed by atoms with van der Waals surface area (Å²) in [5, 5.41) is 3.00. The highest BCUT2D eigenvalue weighted by molar-refractivity contribution is 5.74. The summed E-state index contributed by atoms with van der Waals surface area (Å²) >= 11 is 0. The number of hydrogen-bond acceptors (Lipinski definition) is 4. The summed E-state index contributed by atoms with van der Waals surface area (Å²) < 4.78 is 11.2. The van der Waals surface area contributed by atoms with Gasteiger partial charge in [-0.25, -0.2) is 4.79 Å². The van der Waals surface area contributed by atoms with E-state index in [0.29, 0.717) is 32.8 Å². The molecule has 4 rings (SSSR count). The number of rotatable bonds is 3. The number of carbonyl (C=O) groups is 1. The monoisotopic (exact) mass is 353 g/mol. The molecule has 2 aromatic rings. The number of ether oxygens (including phenoxy) is 2. The van der Waals surface area contributed by atoms with Crippen LogP contribution in [0.5, 0.6) is 11.5 Å². The Labute approximate surface area is 153 Å². The Hall–Kier alpha value is -2.89. The average molecular weight is 353 g/mol. The van der Waals surface area contributed by atoms with Gasteiger partial charge in [-0.05, 0) is 17.7 Å². The Kier molecular flexibility index (Phi) is 4.82. The second-order valence-electron chi connectivity index (χ2n) is 6.45. The molecule has 0 radical (unpaired) electrons. The van der Waals surface area contributed by atoms with Gasteiger partial charge in [0.1, 0.15) is 13.2 Å². The minimum Gasteiger partial charge on any atom is -0.486 e. The van der Waals surface area contributed by atoms with E-state index in [0.717, 1.165) is 35.8 Å². The molecule has 2 aliphatic heterocycles. The molecule has 2 aromatic carbocycles. The van der Waals surface area contributed by atoms with Gasteiger partial charge in [0, 0.05) is 44.5 Å². The lowest BCUT2D eigenvalue weighted by Crippen LogP contribution is -2.51. The van der Waals surface area contributed by atoms with Crippen molar-refractivity contribution in [2.24, 2.45) is 0 Å². The fourth-order valence-corrected chi connectivity index (χ4v) is 3.28. The molecule has 6 heteroatoms. The molecule has 0 spiro atoms. The summed E-state index contributed by atoms with van der Waals surface area (Å²) in [5.41, 5.74) is 2.22. The van der Waals surface area contributed by atoms with E-state index >= 15 is 0 Å². The number of benzene rings is 2. The zero-order valence-corrected chi connectivity index (χ0v) is 14.7. The van der Waals surface area contributed by atoms with Gasteiger partial charge in [0.05, 0.1) is 0 Å². The van der Waals surface area contributed by atoms with E-state index in [-0.39, 0.29) is 6.03 Å². The van der Waals surface area contributed by atoms with Gasteiger partial charge in [-0.3, -0.25) is 0 Å². The van der Waals surface area contributed by atoms with E-state index in [9.17, 15) is 4.79 Å². The van der Waals surface area contributed by atoms with Crippen LogP contribution < -0.4 is 19.7 Å². The van der Waals surface area contributed by atoms with Crippen molar-refractivity contribution in [1.82, 2.24) is 10.2 Å². The molecule has 0 aromatic heterocycles. The van der Waals surface area contributed by atoms with Crippen LogP contribution in [0.2, 0.25) is 0 Å². The van der Waals surface area contributed by atoms with Crippen LogP contribution in [-0.2, 0) is 6.54 Å². The normalized spacial score (nSPS) is 16.3. The van der Waals surface area contributed by atoms with Crippen molar-refractivity contribution in [3.05, 3.63) is 54.1 Å². The van der Waals surface area contributed by atoms with Gasteiger partial charge in [-0.2, -0.15) is 0 Å². The van der Waals surface area contributed by atoms with Crippen LogP contribution in [-0.4, -0.2) is 50.3 Å². The maximum Gasteiger partial charge on any atom is 0.317 e. The van der Waals surface area contributed by atoms with Gasteiger partial charge in [-0.1, -0.05) is 30.3 Å². The molecule has 1 N–H and O–H groups in total. The van der Waals surface area contributed by atoms with Crippen molar-refractivity contribution in [2.45, 2.75) is 6.54 Å². The summed E-state index contributed by atoms with van der Waals surface area (Å²) in [7, 11) is 0. The molecule has 1 saturated heterocycles. The van der Waals surface area contributed by atoms with E-state index in [2.05, 4.69) is 16.3 Å². The number of amides is 2. The Morgan fingerprint density at radius 3 is 2.42 bits per heavy atom. The highest BCUT2D eigenvalue weighted by atomic mass is 16.6. The summed E-state index contributed by atoms with van der Waals surface area (Å²) in [6, 6.07) is 16.0. The van der Waals surface area contributed by atoms with Gasteiger partial charge < -0.3 is 24.6 Å². The Morgan fingerprint density at radius 2 is 1.65 bits per heavy atom. The minimum absolute atomic E-state index is 0.00400. The summed E-state index contributed by atoms with van der Waals surface area (Å²) in [6.45, 7) is 4.76. The number of nitrogens with zero attached hydrogens (tertiary/aromatic N) is 2. The van der Waals surface area contributed by atoms with E-state index in [1.807, 2.05) is 47.4 Å². The number of nitrogens with one attached hydrogen (secondary N) is 1. The lowest BCUT2D eigenvalue weighted by molar-refractivity contribution is 0.171. The standard InChI is InChI=1S/C20H23N3O3/c24-20(21-15-16-4-2-1-3-5-16)23-10-8-22(9-11-23)17-6-7-18-19(14-17)26-13-12-25-18/h1-7,14H,8-13,15H2,(H,21,24). The maximum absolute atomic E-state index is 12.4. The van der Waals surface area contributed by atoms with Crippen LogP contribution in [0.25, 0.3) is 0 Å². The molecule has 2 amide bonds. The predicted octanol–water partition coefficient (Wildman–Crippen LogP) is 2.49. The molecular weight excluding hydrogens is 330 g/mol. The van der Waals surface area contributed by atoms with Crippen LogP contribution in [0.4, 0.5) is 10.5 Å². The number of anilines is 1. The van der Waals surface area contributed by atoms with Crippen LogP contribution in [0.1, 0.15) is 5.56 Å². The van der Waals surface area contributed by atoms with Gasteiger partial charge in [0.25, 0.3) is 0 Å². The van der Waals surface area contributed by atoms with Gasteiger partial charge >= 0.3 is 6.03 Å². The Bertz CT molecular complexity index is 758. The number of piperazine rings is 1. The summed E-state index contributed by atoms with van der Waals surface area (Å²) in [5.74, 6) is 1.61. The minimum atomic E-state index is -0.00400. The van der Waals surface area contributed by atoms with Crippen molar-refractivity contribution in [3.8, 4) is 11.5 Å². The highest BCUT2D eigenvalue weighted by Gasteiger charge is 2.22.